The van der Waals surface area contributed by atoms with E-state index in [2.05, 4.69) is 22.4 Å². The molecular formula is C20H23N5OS. The van der Waals surface area contributed by atoms with Gasteiger partial charge in [-0.25, -0.2) is 4.68 Å². The molecule has 3 N–H and O–H groups in total. The van der Waals surface area contributed by atoms with Crippen molar-refractivity contribution in [3.8, 4) is 0 Å². The Hall–Kier alpha value is -2.80. The van der Waals surface area contributed by atoms with E-state index in [9.17, 15) is 4.79 Å². The predicted molar refractivity (Wildman–Crippen MR) is 109 cm³/mol. The van der Waals surface area contributed by atoms with Crippen molar-refractivity contribution in [2.24, 2.45) is 0 Å². The van der Waals surface area contributed by atoms with Crippen molar-refractivity contribution in [2.45, 2.75) is 31.8 Å². The van der Waals surface area contributed by atoms with E-state index in [0.717, 1.165) is 28.8 Å². The average molecular weight is 382 g/mol. The van der Waals surface area contributed by atoms with Gasteiger partial charge in [0.1, 0.15) is 0 Å². The van der Waals surface area contributed by atoms with Gasteiger partial charge in [0, 0.05) is 12.1 Å². The lowest BCUT2D eigenvalue weighted by Gasteiger charge is -2.12. The maximum Gasteiger partial charge on any atom is 0.234 e. The first-order valence-electron chi connectivity index (χ1n) is 8.83. The van der Waals surface area contributed by atoms with Crippen LogP contribution in [0.15, 0.2) is 53.7 Å². The molecule has 1 heterocycles. The molecule has 0 aliphatic rings. The third-order valence-corrected chi connectivity index (χ3v) is 5.22. The van der Waals surface area contributed by atoms with Gasteiger partial charge in [0.2, 0.25) is 11.1 Å². The van der Waals surface area contributed by atoms with E-state index in [4.69, 9.17) is 5.84 Å². The molecule has 140 valence electrons. The van der Waals surface area contributed by atoms with E-state index in [1.54, 1.807) is 0 Å². The van der Waals surface area contributed by atoms with Crippen LogP contribution in [0.3, 0.4) is 0 Å². The van der Waals surface area contributed by atoms with Crippen LogP contribution in [-0.4, -0.2) is 26.5 Å². The first-order chi connectivity index (χ1) is 13.1. The molecule has 2 aromatic carbocycles. The fraction of sp³-hybridized carbons (Fsp3) is 0.250. The van der Waals surface area contributed by atoms with Gasteiger partial charge in [-0.05, 0) is 30.0 Å². The van der Waals surface area contributed by atoms with E-state index in [1.165, 1.54) is 16.4 Å². The van der Waals surface area contributed by atoms with Gasteiger partial charge < -0.3 is 11.2 Å². The van der Waals surface area contributed by atoms with Crippen molar-refractivity contribution in [1.29, 1.82) is 0 Å². The normalized spacial score (nSPS) is 10.7. The molecule has 0 spiro atoms. The summed E-state index contributed by atoms with van der Waals surface area (Å²) in [7, 11) is 0. The zero-order valence-corrected chi connectivity index (χ0v) is 16.3. The lowest BCUT2D eigenvalue weighted by molar-refractivity contribution is -0.113. The number of nitrogen functional groups attached to an aromatic ring is 1. The average Bonchev–Trinajstić information content (AvgIpc) is 3.02. The maximum absolute atomic E-state index is 12.4. The highest BCUT2D eigenvalue weighted by atomic mass is 32.2. The third kappa shape index (κ3) is 4.68. The second kappa shape index (κ2) is 8.73. The Kier molecular flexibility index (Phi) is 6.13. The van der Waals surface area contributed by atoms with E-state index >= 15 is 0 Å². The summed E-state index contributed by atoms with van der Waals surface area (Å²) >= 11 is 1.28. The minimum absolute atomic E-state index is 0.0865. The smallest absolute Gasteiger partial charge is 0.234 e. The number of aromatic nitrogens is 3. The lowest BCUT2D eigenvalue weighted by atomic mass is 10.1. The molecule has 0 unspecified atom stereocenters. The molecule has 1 aromatic heterocycles. The number of carbonyl (C=O) groups is 1. The van der Waals surface area contributed by atoms with Gasteiger partial charge in [-0.15, -0.1) is 10.2 Å². The minimum atomic E-state index is -0.0865. The number of nitrogens with zero attached hydrogens (tertiary/aromatic N) is 3. The van der Waals surface area contributed by atoms with Gasteiger partial charge in [-0.2, -0.15) is 0 Å². The summed E-state index contributed by atoms with van der Waals surface area (Å²) in [6.45, 7) is 4.07. The van der Waals surface area contributed by atoms with Gasteiger partial charge in [0.05, 0.1) is 5.75 Å². The van der Waals surface area contributed by atoms with E-state index in [-0.39, 0.29) is 11.7 Å². The van der Waals surface area contributed by atoms with Crippen LogP contribution in [0.1, 0.15) is 29.4 Å². The largest absolute Gasteiger partial charge is 0.336 e. The molecule has 3 rings (SSSR count). The van der Waals surface area contributed by atoms with E-state index < -0.39 is 0 Å². The summed E-state index contributed by atoms with van der Waals surface area (Å²) < 4.78 is 1.45. The van der Waals surface area contributed by atoms with Crippen molar-refractivity contribution in [3.63, 3.8) is 0 Å². The maximum atomic E-state index is 12.4. The van der Waals surface area contributed by atoms with Crippen LogP contribution in [0.4, 0.5) is 5.69 Å². The number of benzene rings is 2. The standard InChI is InChI=1S/C20H23N5OS/c1-3-16-11-7-8-14(2)19(16)22-18(26)13-27-20-24-23-17(25(20)21)12-15-9-5-4-6-10-15/h4-11H,3,12-13,21H2,1-2H3,(H,22,26). The number of aryl methyl sites for hydroxylation is 2. The number of carbonyl (C=O) groups excluding carboxylic acids is 1. The van der Waals surface area contributed by atoms with Crippen molar-refractivity contribution < 1.29 is 4.79 Å². The van der Waals surface area contributed by atoms with Crippen LogP contribution in [0.5, 0.6) is 0 Å². The number of anilines is 1. The summed E-state index contributed by atoms with van der Waals surface area (Å²) in [6, 6.07) is 16.0. The SMILES string of the molecule is CCc1cccc(C)c1NC(=O)CSc1nnc(Cc2ccccc2)n1N. The number of hydrogen-bond acceptors (Lipinski definition) is 5. The van der Waals surface area contributed by atoms with Crippen LogP contribution in [0, 0.1) is 6.92 Å². The Labute approximate surface area is 163 Å². The Bertz CT molecular complexity index is 923. The fourth-order valence-electron chi connectivity index (χ4n) is 2.81. The highest BCUT2D eigenvalue weighted by Crippen LogP contribution is 2.22. The number of thioether (sulfide) groups is 1. The Morgan fingerprint density at radius 3 is 2.67 bits per heavy atom. The number of rotatable bonds is 7. The topological polar surface area (TPSA) is 85.8 Å². The van der Waals surface area contributed by atoms with Crippen LogP contribution in [0.25, 0.3) is 0 Å². The minimum Gasteiger partial charge on any atom is -0.336 e. The predicted octanol–water partition coefficient (Wildman–Crippen LogP) is 3.18. The number of hydrogen-bond donors (Lipinski definition) is 2. The summed E-state index contributed by atoms with van der Waals surface area (Å²) in [4.78, 5) is 12.4. The molecule has 0 atom stereocenters. The number of nitrogens with two attached hydrogens (primary N) is 1. The second-order valence-corrected chi connectivity index (χ2v) is 7.17. The van der Waals surface area contributed by atoms with Crippen LogP contribution in [0.2, 0.25) is 0 Å². The first-order valence-corrected chi connectivity index (χ1v) is 9.81. The molecule has 0 radical (unpaired) electrons. The van der Waals surface area contributed by atoms with Crippen LogP contribution in [-0.2, 0) is 17.6 Å². The molecule has 1 amide bonds. The number of nitrogens with one attached hydrogen (secondary N) is 1. The summed E-state index contributed by atoms with van der Waals surface area (Å²) in [5.74, 6) is 6.90. The first kappa shape index (κ1) is 19.0. The van der Waals surface area contributed by atoms with Crippen molar-refractivity contribution in [3.05, 3.63) is 71.0 Å². The quantitative estimate of drug-likeness (QED) is 0.485. The van der Waals surface area contributed by atoms with Gasteiger partial charge in [-0.1, -0.05) is 67.2 Å². The van der Waals surface area contributed by atoms with Gasteiger partial charge in [-0.3, -0.25) is 4.79 Å². The molecule has 27 heavy (non-hydrogen) atoms. The van der Waals surface area contributed by atoms with Gasteiger partial charge in [0.15, 0.2) is 5.82 Å². The Morgan fingerprint density at radius 1 is 1.15 bits per heavy atom. The van der Waals surface area contributed by atoms with E-state index in [0.29, 0.717) is 17.4 Å². The Balaban J connectivity index is 1.61. The summed E-state index contributed by atoms with van der Waals surface area (Å²) in [5.41, 5.74) is 4.18. The van der Waals surface area contributed by atoms with Crippen molar-refractivity contribution >= 4 is 23.4 Å². The van der Waals surface area contributed by atoms with Gasteiger partial charge in [0.25, 0.3) is 0 Å². The highest BCUT2D eigenvalue weighted by molar-refractivity contribution is 7.99. The second-order valence-electron chi connectivity index (χ2n) is 6.23. The summed E-state index contributed by atoms with van der Waals surface area (Å²) in [5, 5.41) is 11.8. The zero-order chi connectivity index (χ0) is 19.2. The number of para-hydroxylation sites is 1. The molecule has 0 fully saturated rings. The summed E-state index contributed by atoms with van der Waals surface area (Å²) in [6.07, 6.45) is 1.46. The Morgan fingerprint density at radius 2 is 1.93 bits per heavy atom. The molecule has 6 nitrogen and oxygen atoms in total. The third-order valence-electron chi connectivity index (χ3n) is 4.28. The van der Waals surface area contributed by atoms with Crippen LogP contribution < -0.4 is 11.2 Å². The van der Waals surface area contributed by atoms with Crippen molar-refractivity contribution in [2.75, 3.05) is 16.9 Å². The highest BCUT2D eigenvalue weighted by Gasteiger charge is 2.14. The number of amides is 1. The zero-order valence-electron chi connectivity index (χ0n) is 15.5. The van der Waals surface area contributed by atoms with Gasteiger partial charge >= 0.3 is 0 Å². The molecule has 0 bridgehead atoms. The van der Waals surface area contributed by atoms with E-state index in [1.807, 2.05) is 55.5 Å². The molecular weight excluding hydrogens is 358 g/mol. The molecule has 0 saturated heterocycles. The molecule has 0 aliphatic heterocycles. The molecule has 3 aromatic rings. The monoisotopic (exact) mass is 381 g/mol. The molecule has 0 aliphatic carbocycles. The van der Waals surface area contributed by atoms with Crippen LogP contribution >= 0.6 is 11.8 Å². The molecule has 7 heteroatoms. The fourth-order valence-corrected chi connectivity index (χ4v) is 3.49. The molecule has 0 saturated carbocycles. The van der Waals surface area contributed by atoms with Crippen molar-refractivity contribution in [1.82, 2.24) is 14.9 Å². The lowest BCUT2D eigenvalue weighted by Crippen LogP contribution is -2.18.